The predicted molar refractivity (Wildman–Crippen MR) is 73.7 cm³/mol. The van der Waals surface area contributed by atoms with E-state index >= 15 is 0 Å². The number of hydrogen-bond acceptors (Lipinski definition) is 7. The molecule has 1 amide bonds. The fraction of sp³-hybridized carbons (Fsp3) is 0.308. The van der Waals surface area contributed by atoms with E-state index < -0.39 is 0 Å². The summed E-state index contributed by atoms with van der Waals surface area (Å²) in [6, 6.07) is 5.28. The van der Waals surface area contributed by atoms with Gasteiger partial charge in [-0.25, -0.2) is 0 Å². The van der Waals surface area contributed by atoms with Gasteiger partial charge in [-0.15, -0.1) is 0 Å². The molecular formula is C13H16N4O4. The van der Waals surface area contributed by atoms with Crippen molar-refractivity contribution >= 4 is 5.91 Å². The van der Waals surface area contributed by atoms with Gasteiger partial charge in [-0.05, 0) is 18.2 Å². The van der Waals surface area contributed by atoms with Crippen LogP contribution in [0.3, 0.4) is 0 Å². The van der Waals surface area contributed by atoms with Crippen molar-refractivity contribution in [3.05, 3.63) is 24.1 Å². The highest BCUT2D eigenvalue weighted by molar-refractivity contribution is 5.77. The van der Waals surface area contributed by atoms with Gasteiger partial charge in [-0.2, -0.15) is 4.98 Å². The summed E-state index contributed by atoms with van der Waals surface area (Å²) in [5.74, 6) is 1.58. The minimum Gasteiger partial charge on any atom is -0.493 e. The van der Waals surface area contributed by atoms with Crippen LogP contribution in [0.25, 0.3) is 11.4 Å². The Kier molecular flexibility index (Phi) is 4.72. The van der Waals surface area contributed by atoms with Gasteiger partial charge >= 0.3 is 0 Å². The van der Waals surface area contributed by atoms with Gasteiger partial charge in [0, 0.05) is 5.56 Å². The van der Waals surface area contributed by atoms with Crippen molar-refractivity contribution in [1.82, 2.24) is 15.5 Å². The number of amides is 1. The number of carbonyl (C=O) groups is 1. The number of nitrogens with zero attached hydrogens (tertiary/aromatic N) is 2. The molecule has 1 aromatic carbocycles. The van der Waals surface area contributed by atoms with Gasteiger partial charge in [-0.1, -0.05) is 5.16 Å². The summed E-state index contributed by atoms with van der Waals surface area (Å²) in [4.78, 5) is 15.2. The monoisotopic (exact) mass is 292 g/mol. The van der Waals surface area contributed by atoms with Crippen LogP contribution < -0.4 is 20.5 Å². The molecule has 112 valence electrons. The summed E-state index contributed by atoms with van der Waals surface area (Å²) in [6.07, 6.45) is 0. The van der Waals surface area contributed by atoms with Crippen LogP contribution in [-0.2, 0) is 11.3 Å². The van der Waals surface area contributed by atoms with Crippen LogP contribution in [0.5, 0.6) is 11.5 Å². The molecular weight excluding hydrogens is 276 g/mol. The van der Waals surface area contributed by atoms with Crippen LogP contribution in [-0.4, -0.2) is 36.8 Å². The maximum absolute atomic E-state index is 11.1. The minimum atomic E-state index is -0.291. The third-order valence-corrected chi connectivity index (χ3v) is 2.73. The smallest absolute Gasteiger partial charge is 0.246 e. The van der Waals surface area contributed by atoms with E-state index in [1.165, 1.54) is 0 Å². The van der Waals surface area contributed by atoms with E-state index in [0.717, 1.165) is 0 Å². The molecule has 21 heavy (non-hydrogen) atoms. The van der Waals surface area contributed by atoms with Gasteiger partial charge in [0.2, 0.25) is 17.6 Å². The molecule has 0 radical (unpaired) electrons. The van der Waals surface area contributed by atoms with E-state index in [0.29, 0.717) is 28.8 Å². The molecule has 2 rings (SSSR count). The minimum absolute atomic E-state index is 0.0866. The third-order valence-electron chi connectivity index (χ3n) is 2.73. The summed E-state index contributed by atoms with van der Waals surface area (Å²) < 4.78 is 15.4. The number of rotatable bonds is 6. The molecule has 3 N–H and O–H groups in total. The molecule has 8 heteroatoms. The standard InChI is InChI=1S/C13H16N4O4/c1-19-9-4-3-8(5-10(9)20-2)13-16-12(21-17-13)7-15-11(18)6-14/h3-5H,6-7,14H2,1-2H3,(H,15,18). The zero-order valence-corrected chi connectivity index (χ0v) is 11.8. The van der Waals surface area contributed by atoms with Crippen molar-refractivity contribution in [1.29, 1.82) is 0 Å². The van der Waals surface area contributed by atoms with Crippen molar-refractivity contribution in [2.45, 2.75) is 6.54 Å². The van der Waals surface area contributed by atoms with E-state index in [1.807, 2.05) is 0 Å². The summed E-state index contributed by atoms with van der Waals surface area (Å²) in [5.41, 5.74) is 5.90. The Bertz CT molecular complexity index is 626. The fourth-order valence-corrected chi connectivity index (χ4v) is 1.67. The Balaban J connectivity index is 2.15. The average molecular weight is 292 g/mol. The molecule has 0 aliphatic heterocycles. The lowest BCUT2D eigenvalue weighted by molar-refractivity contribution is -0.120. The fourth-order valence-electron chi connectivity index (χ4n) is 1.67. The Morgan fingerprint density at radius 3 is 2.76 bits per heavy atom. The first-order chi connectivity index (χ1) is 10.2. The highest BCUT2D eigenvalue weighted by Gasteiger charge is 2.12. The normalized spacial score (nSPS) is 10.2. The highest BCUT2D eigenvalue weighted by Crippen LogP contribution is 2.31. The largest absolute Gasteiger partial charge is 0.493 e. The first kappa shape index (κ1) is 14.8. The van der Waals surface area contributed by atoms with Crippen molar-refractivity contribution in [3.63, 3.8) is 0 Å². The third kappa shape index (κ3) is 3.48. The van der Waals surface area contributed by atoms with Crippen LogP contribution >= 0.6 is 0 Å². The van der Waals surface area contributed by atoms with Crippen molar-refractivity contribution in [2.24, 2.45) is 5.73 Å². The Morgan fingerprint density at radius 2 is 2.10 bits per heavy atom. The zero-order chi connectivity index (χ0) is 15.2. The molecule has 2 aromatic rings. The van der Waals surface area contributed by atoms with Crippen molar-refractivity contribution in [3.8, 4) is 22.9 Å². The number of aromatic nitrogens is 2. The van der Waals surface area contributed by atoms with Crippen LogP contribution in [0.4, 0.5) is 0 Å². The molecule has 0 saturated carbocycles. The number of hydrogen-bond donors (Lipinski definition) is 2. The second-order valence-electron chi connectivity index (χ2n) is 4.06. The molecule has 0 aliphatic carbocycles. The lowest BCUT2D eigenvalue weighted by Crippen LogP contribution is -2.29. The van der Waals surface area contributed by atoms with Gasteiger partial charge in [0.1, 0.15) is 0 Å². The van der Waals surface area contributed by atoms with Crippen LogP contribution in [0.2, 0.25) is 0 Å². The average Bonchev–Trinajstić information content (AvgIpc) is 3.00. The molecule has 1 heterocycles. The Morgan fingerprint density at radius 1 is 1.33 bits per heavy atom. The number of ether oxygens (including phenoxy) is 2. The summed E-state index contributed by atoms with van der Waals surface area (Å²) in [5, 5.41) is 6.41. The molecule has 0 aliphatic rings. The Hall–Kier alpha value is -2.61. The number of carbonyl (C=O) groups excluding carboxylic acids is 1. The quantitative estimate of drug-likeness (QED) is 0.788. The van der Waals surface area contributed by atoms with Gasteiger partial charge < -0.3 is 25.0 Å². The van der Waals surface area contributed by atoms with Gasteiger partial charge in [-0.3, -0.25) is 4.79 Å². The molecule has 8 nitrogen and oxygen atoms in total. The SMILES string of the molecule is COc1ccc(-c2noc(CNC(=O)CN)n2)cc1OC. The van der Waals surface area contributed by atoms with Crippen LogP contribution in [0.1, 0.15) is 5.89 Å². The zero-order valence-electron chi connectivity index (χ0n) is 11.8. The molecule has 0 atom stereocenters. The van der Waals surface area contributed by atoms with E-state index in [1.54, 1.807) is 32.4 Å². The van der Waals surface area contributed by atoms with E-state index in [2.05, 4.69) is 15.5 Å². The first-order valence-corrected chi connectivity index (χ1v) is 6.19. The lowest BCUT2D eigenvalue weighted by Gasteiger charge is -2.07. The maximum atomic E-state index is 11.1. The number of methoxy groups -OCH3 is 2. The topological polar surface area (TPSA) is 113 Å². The molecule has 0 spiro atoms. The molecule has 0 fully saturated rings. The van der Waals surface area contributed by atoms with E-state index in [9.17, 15) is 4.79 Å². The highest BCUT2D eigenvalue weighted by atomic mass is 16.5. The van der Waals surface area contributed by atoms with Crippen LogP contribution in [0.15, 0.2) is 22.7 Å². The molecule has 1 aromatic heterocycles. The van der Waals surface area contributed by atoms with E-state index in [-0.39, 0.29) is 19.0 Å². The lowest BCUT2D eigenvalue weighted by atomic mass is 10.2. The molecule has 0 saturated heterocycles. The van der Waals surface area contributed by atoms with Crippen molar-refractivity contribution < 1.29 is 18.8 Å². The Labute approximate surface area is 121 Å². The van der Waals surface area contributed by atoms with Crippen molar-refractivity contribution in [2.75, 3.05) is 20.8 Å². The summed E-state index contributed by atoms with van der Waals surface area (Å²) in [6.45, 7) is 0.0486. The molecule has 0 unspecified atom stereocenters. The molecule has 0 bridgehead atoms. The maximum Gasteiger partial charge on any atom is 0.246 e. The van der Waals surface area contributed by atoms with Gasteiger partial charge in [0.25, 0.3) is 0 Å². The summed E-state index contributed by atoms with van der Waals surface area (Å²) >= 11 is 0. The number of benzene rings is 1. The first-order valence-electron chi connectivity index (χ1n) is 6.19. The number of nitrogens with one attached hydrogen (secondary N) is 1. The van der Waals surface area contributed by atoms with E-state index in [4.69, 9.17) is 19.7 Å². The number of nitrogens with two attached hydrogens (primary N) is 1. The van der Waals surface area contributed by atoms with Gasteiger partial charge in [0.05, 0.1) is 27.3 Å². The predicted octanol–water partition coefficient (Wildman–Crippen LogP) is 0.329. The van der Waals surface area contributed by atoms with Crippen LogP contribution in [0, 0.1) is 0 Å². The second-order valence-corrected chi connectivity index (χ2v) is 4.06. The second kappa shape index (κ2) is 6.71. The summed E-state index contributed by atoms with van der Waals surface area (Å²) in [7, 11) is 3.11. The van der Waals surface area contributed by atoms with Gasteiger partial charge in [0.15, 0.2) is 11.5 Å².